The minimum absolute atomic E-state index is 0.0728. The standard InChI is InChI=1S/C13H21N3O/c1-5-11-8-10(9-12(14-4)15-11)13(17)16(6-2)7-3/h8-9H,5-7H2,1-4H3,(H,14,15). The normalized spacial score (nSPS) is 10.1. The van der Waals surface area contributed by atoms with Crippen LogP contribution in [0.15, 0.2) is 12.1 Å². The van der Waals surface area contributed by atoms with Gasteiger partial charge in [-0.2, -0.15) is 0 Å². The highest BCUT2D eigenvalue weighted by Crippen LogP contribution is 2.13. The van der Waals surface area contributed by atoms with Gasteiger partial charge in [0.05, 0.1) is 0 Å². The molecule has 94 valence electrons. The van der Waals surface area contributed by atoms with Gasteiger partial charge in [0, 0.05) is 31.4 Å². The number of amides is 1. The molecule has 0 atom stereocenters. The third-order valence-corrected chi connectivity index (χ3v) is 2.79. The number of carbonyl (C=O) groups excluding carboxylic acids is 1. The van der Waals surface area contributed by atoms with Gasteiger partial charge < -0.3 is 10.2 Å². The van der Waals surface area contributed by atoms with Gasteiger partial charge in [-0.05, 0) is 32.4 Å². The molecule has 4 heteroatoms. The highest BCUT2D eigenvalue weighted by Gasteiger charge is 2.14. The van der Waals surface area contributed by atoms with Crippen molar-refractivity contribution in [2.75, 3.05) is 25.5 Å². The Labute approximate surface area is 103 Å². The minimum atomic E-state index is 0.0728. The zero-order valence-electron chi connectivity index (χ0n) is 11.1. The second kappa shape index (κ2) is 6.23. The Balaban J connectivity index is 3.07. The van der Waals surface area contributed by atoms with Crippen molar-refractivity contribution < 1.29 is 4.79 Å². The molecule has 0 spiro atoms. The molecule has 1 amide bonds. The number of rotatable bonds is 5. The molecule has 1 rings (SSSR count). The van der Waals surface area contributed by atoms with Crippen LogP contribution in [0.4, 0.5) is 5.82 Å². The summed E-state index contributed by atoms with van der Waals surface area (Å²) in [6.07, 6.45) is 0.827. The molecule has 1 aromatic heterocycles. The average Bonchev–Trinajstić information content (AvgIpc) is 2.39. The van der Waals surface area contributed by atoms with E-state index in [9.17, 15) is 4.79 Å². The fraction of sp³-hybridized carbons (Fsp3) is 0.538. The molecule has 0 bridgehead atoms. The molecule has 0 aliphatic heterocycles. The molecule has 1 N–H and O–H groups in total. The van der Waals surface area contributed by atoms with E-state index in [2.05, 4.69) is 10.3 Å². The maximum absolute atomic E-state index is 12.2. The number of nitrogens with one attached hydrogen (secondary N) is 1. The summed E-state index contributed by atoms with van der Waals surface area (Å²) in [7, 11) is 1.81. The van der Waals surface area contributed by atoms with Crippen molar-refractivity contribution in [1.82, 2.24) is 9.88 Å². The summed E-state index contributed by atoms with van der Waals surface area (Å²) >= 11 is 0. The van der Waals surface area contributed by atoms with Crippen molar-refractivity contribution in [3.05, 3.63) is 23.4 Å². The molecule has 0 aliphatic rings. The maximum Gasteiger partial charge on any atom is 0.254 e. The van der Waals surface area contributed by atoms with Crippen LogP contribution in [0.5, 0.6) is 0 Å². The highest BCUT2D eigenvalue weighted by atomic mass is 16.2. The number of hydrogen-bond donors (Lipinski definition) is 1. The van der Waals surface area contributed by atoms with Gasteiger partial charge in [-0.25, -0.2) is 4.98 Å². The van der Waals surface area contributed by atoms with E-state index in [4.69, 9.17) is 0 Å². The summed E-state index contributed by atoms with van der Waals surface area (Å²) < 4.78 is 0. The average molecular weight is 235 g/mol. The zero-order chi connectivity index (χ0) is 12.8. The van der Waals surface area contributed by atoms with E-state index in [1.807, 2.05) is 38.8 Å². The number of anilines is 1. The Morgan fingerprint density at radius 2 is 1.94 bits per heavy atom. The first-order valence-corrected chi connectivity index (χ1v) is 6.14. The van der Waals surface area contributed by atoms with Crippen LogP contribution in [-0.2, 0) is 6.42 Å². The molecule has 0 aromatic carbocycles. The monoisotopic (exact) mass is 235 g/mol. The Morgan fingerprint density at radius 3 is 2.41 bits per heavy atom. The number of pyridine rings is 1. The van der Waals surface area contributed by atoms with Gasteiger partial charge in [0.1, 0.15) is 5.82 Å². The smallest absolute Gasteiger partial charge is 0.254 e. The fourth-order valence-electron chi connectivity index (χ4n) is 1.71. The van der Waals surface area contributed by atoms with Gasteiger partial charge in [-0.3, -0.25) is 4.79 Å². The molecule has 4 nitrogen and oxygen atoms in total. The number of aromatic nitrogens is 1. The molecular weight excluding hydrogens is 214 g/mol. The summed E-state index contributed by atoms with van der Waals surface area (Å²) in [5.41, 5.74) is 1.65. The predicted molar refractivity (Wildman–Crippen MR) is 70.4 cm³/mol. The summed E-state index contributed by atoms with van der Waals surface area (Å²) in [6.45, 7) is 7.47. The number of carbonyl (C=O) groups is 1. The van der Waals surface area contributed by atoms with Crippen molar-refractivity contribution in [3.8, 4) is 0 Å². The van der Waals surface area contributed by atoms with Gasteiger partial charge in [-0.1, -0.05) is 6.92 Å². The van der Waals surface area contributed by atoms with Crippen molar-refractivity contribution in [2.24, 2.45) is 0 Å². The second-order valence-electron chi connectivity index (χ2n) is 3.81. The zero-order valence-corrected chi connectivity index (χ0v) is 11.1. The molecular formula is C13H21N3O. The van der Waals surface area contributed by atoms with Crippen LogP contribution in [0.2, 0.25) is 0 Å². The third kappa shape index (κ3) is 3.19. The second-order valence-corrected chi connectivity index (χ2v) is 3.81. The van der Waals surface area contributed by atoms with Gasteiger partial charge in [0.25, 0.3) is 5.91 Å². The molecule has 0 saturated carbocycles. The third-order valence-electron chi connectivity index (χ3n) is 2.79. The van der Waals surface area contributed by atoms with E-state index in [0.717, 1.165) is 31.0 Å². The molecule has 0 saturated heterocycles. The van der Waals surface area contributed by atoms with Crippen LogP contribution >= 0.6 is 0 Å². The van der Waals surface area contributed by atoms with Crippen LogP contribution in [0, 0.1) is 0 Å². The molecule has 0 radical (unpaired) electrons. The number of hydrogen-bond acceptors (Lipinski definition) is 3. The van der Waals surface area contributed by atoms with Crippen LogP contribution in [0.1, 0.15) is 36.8 Å². The van der Waals surface area contributed by atoms with E-state index in [-0.39, 0.29) is 5.91 Å². The Morgan fingerprint density at radius 1 is 1.29 bits per heavy atom. The first-order chi connectivity index (χ1) is 8.15. The number of aryl methyl sites for hydroxylation is 1. The van der Waals surface area contributed by atoms with Crippen LogP contribution in [0.3, 0.4) is 0 Å². The molecule has 0 fully saturated rings. The Bertz CT molecular complexity index is 364. The SMILES string of the molecule is CCc1cc(C(=O)N(CC)CC)cc(NC)n1. The molecule has 0 unspecified atom stereocenters. The molecule has 1 aromatic rings. The van der Waals surface area contributed by atoms with Crippen LogP contribution in [0.25, 0.3) is 0 Å². The first-order valence-electron chi connectivity index (χ1n) is 6.14. The lowest BCUT2D eigenvalue weighted by Crippen LogP contribution is -2.30. The summed E-state index contributed by atoms with van der Waals surface area (Å²) in [6, 6.07) is 3.68. The quantitative estimate of drug-likeness (QED) is 0.850. The van der Waals surface area contributed by atoms with Gasteiger partial charge in [0.2, 0.25) is 0 Å². The first kappa shape index (κ1) is 13.5. The summed E-state index contributed by atoms with van der Waals surface area (Å²) in [5, 5.41) is 2.99. The Hall–Kier alpha value is -1.58. The largest absolute Gasteiger partial charge is 0.373 e. The lowest BCUT2D eigenvalue weighted by Gasteiger charge is -2.19. The van der Waals surface area contributed by atoms with E-state index < -0.39 is 0 Å². The van der Waals surface area contributed by atoms with E-state index >= 15 is 0 Å². The van der Waals surface area contributed by atoms with Crippen LogP contribution < -0.4 is 5.32 Å². The topological polar surface area (TPSA) is 45.2 Å². The summed E-state index contributed by atoms with van der Waals surface area (Å²) in [5.74, 6) is 0.823. The van der Waals surface area contributed by atoms with E-state index in [1.165, 1.54) is 0 Å². The van der Waals surface area contributed by atoms with Crippen molar-refractivity contribution >= 4 is 11.7 Å². The van der Waals surface area contributed by atoms with Crippen molar-refractivity contribution in [3.63, 3.8) is 0 Å². The van der Waals surface area contributed by atoms with E-state index in [0.29, 0.717) is 5.56 Å². The molecule has 17 heavy (non-hydrogen) atoms. The van der Waals surface area contributed by atoms with Crippen molar-refractivity contribution in [2.45, 2.75) is 27.2 Å². The Kier molecular flexibility index (Phi) is 4.94. The summed E-state index contributed by atoms with van der Waals surface area (Å²) in [4.78, 5) is 18.4. The predicted octanol–water partition coefficient (Wildman–Crippen LogP) is 2.17. The van der Waals surface area contributed by atoms with Gasteiger partial charge in [-0.15, -0.1) is 0 Å². The highest BCUT2D eigenvalue weighted by molar-refractivity contribution is 5.95. The maximum atomic E-state index is 12.2. The van der Waals surface area contributed by atoms with E-state index in [1.54, 1.807) is 6.07 Å². The lowest BCUT2D eigenvalue weighted by atomic mass is 10.1. The number of nitrogens with zero attached hydrogens (tertiary/aromatic N) is 2. The minimum Gasteiger partial charge on any atom is -0.373 e. The van der Waals surface area contributed by atoms with Crippen molar-refractivity contribution in [1.29, 1.82) is 0 Å². The molecule has 1 heterocycles. The van der Waals surface area contributed by atoms with Crippen LogP contribution in [-0.4, -0.2) is 35.9 Å². The fourth-order valence-corrected chi connectivity index (χ4v) is 1.71. The molecule has 0 aliphatic carbocycles. The van der Waals surface area contributed by atoms with Gasteiger partial charge in [0.15, 0.2) is 0 Å². The van der Waals surface area contributed by atoms with Gasteiger partial charge >= 0.3 is 0 Å². The lowest BCUT2D eigenvalue weighted by molar-refractivity contribution is 0.0773.